The van der Waals surface area contributed by atoms with Gasteiger partial charge in [-0.15, -0.1) is 11.6 Å². The quantitative estimate of drug-likeness (QED) is 0.724. The average molecular weight is 226 g/mol. The Kier molecular flexibility index (Phi) is 3.16. The zero-order chi connectivity index (χ0) is 10.7. The zero-order valence-corrected chi connectivity index (χ0v) is 9.02. The summed E-state index contributed by atoms with van der Waals surface area (Å²) in [6, 6.07) is 0.359. The molecule has 4 nitrogen and oxygen atoms in total. The van der Waals surface area contributed by atoms with E-state index in [4.69, 9.17) is 11.6 Å². The van der Waals surface area contributed by atoms with Gasteiger partial charge in [-0.2, -0.15) is 0 Å². The maximum Gasteiger partial charge on any atom is 0.238 e. The lowest BCUT2D eigenvalue weighted by Gasteiger charge is -2.20. The predicted molar refractivity (Wildman–Crippen MR) is 56.3 cm³/mol. The molecule has 1 aliphatic carbocycles. The van der Waals surface area contributed by atoms with Crippen molar-refractivity contribution >= 4 is 17.5 Å². The van der Waals surface area contributed by atoms with E-state index in [1.165, 1.54) is 0 Å². The second-order valence-corrected chi connectivity index (χ2v) is 3.85. The van der Waals surface area contributed by atoms with Crippen LogP contribution in [0.25, 0.3) is 0 Å². The van der Waals surface area contributed by atoms with Gasteiger partial charge in [-0.25, -0.2) is 0 Å². The van der Waals surface area contributed by atoms with Gasteiger partial charge in [0.2, 0.25) is 5.91 Å². The fraction of sp³-hybridized carbons (Fsp3) is 0.500. The molecule has 1 heterocycles. The highest BCUT2D eigenvalue weighted by Gasteiger charge is 2.32. The average Bonchev–Trinajstić information content (AvgIpc) is 3.10. The first-order valence-electron chi connectivity index (χ1n) is 4.91. The molecule has 0 radical (unpaired) electrons. The summed E-state index contributed by atoms with van der Waals surface area (Å²) in [6.45, 7) is 0.518. The summed E-state index contributed by atoms with van der Waals surface area (Å²) in [4.78, 5) is 21.4. The van der Waals surface area contributed by atoms with Crippen molar-refractivity contribution in [2.45, 2.75) is 25.4 Å². The molecule has 0 unspecified atom stereocenters. The topological polar surface area (TPSA) is 46.1 Å². The number of amides is 1. The second-order valence-electron chi connectivity index (χ2n) is 3.58. The van der Waals surface area contributed by atoms with Gasteiger partial charge in [-0.05, 0) is 12.8 Å². The maximum atomic E-state index is 11.5. The van der Waals surface area contributed by atoms with Gasteiger partial charge < -0.3 is 4.90 Å². The van der Waals surface area contributed by atoms with Gasteiger partial charge >= 0.3 is 0 Å². The lowest BCUT2D eigenvalue weighted by atomic mass is 10.3. The summed E-state index contributed by atoms with van der Waals surface area (Å²) in [5.41, 5.74) is 0.808. The smallest absolute Gasteiger partial charge is 0.238 e. The molecule has 0 aliphatic heterocycles. The van der Waals surface area contributed by atoms with E-state index in [-0.39, 0.29) is 11.8 Å². The molecule has 80 valence electrons. The normalized spacial score (nSPS) is 15.0. The summed E-state index contributed by atoms with van der Waals surface area (Å²) < 4.78 is 0. The van der Waals surface area contributed by atoms with Crippen molar-refractivity contribution in [2.24, 2.45) is 0 Å². The van der Waals surface area contributed by atoms with Crippen molar-refractivity contribution in [3.63, 3.8) is 0 Å². The molecule has 15 heavy (non-hydrogen) atoms. The van der Waals surface area contributed by atoms with E-state index >= 15 is 0 Å². The number of nitrogens with zero attached hydrogens (tertiary/aromatic N) is 3. The number of carbonyl (C=O) groups is 1. The molecule has 0 atom stereocenters. The van der Waals surface area contributed by atoms with E-state index in [1.54, 1.807) is 23.5 Å². The molecule has 0 N–H and O–H groups in total. The Morgan fingerprint density at radius 1 is 1.53 bits per heavy atom. The lowest BCUT2D eigenvalue weighted by molar-refractivity contribution is -0.129. The lowest BCUT2D eigenvalue weighted by Crippen LogP contribution is -2.33. The molecular formula is C10H12ClN3O. The van der Waals surface area contributed by atoms with Crippen LogP contribution in [-0.2, 0) is 11.3 Å². The highest BCUT2D eigenvalue weighted by molar-refractivity contribution is 6.27. The Morgan fingerprint density at radius 2 is 2.33 bits per heavy atom. The van der Waals surface area contributed by atoms with Crippen LogP contribution in [0.5, 0.6) is 0 Å². The van der Waals surface area contributed by atoms with E-state index in [0.29, 0.717) is 12.6 Å². The number of alkyl halides is 1. The molecule has 1 amide bonds. The van der Waals surface area contributed by atoms with Gasteiger partial charge in [-0.3, -0.25) is 14.8 Å². The van der Waals surface area contributed by atoms with Crippen LogP contribution >= 0.6 is 11.6 Å². The molecule has 1 aliphatic rings. The first-order valence-corrected chi connectivity index (χ1v) is 5.45. The highest BCUT2D eigenvalue weighted by atomic mass is 35.5. The minimum absolute atomic E-state index is 0.0233. The van der Waals surface area contributed by atoms with Gasteiger partial charge in [0, 0.05) is 18.4 Å². The molecule has 1 aromatic heterocycles. The van der Waals surface area contributed by atoms with Crippen molar-refractivity contribution < 1.29 is 4.79 Å². The third kappa shape index (κ3) is 2.65. The Hall–Kier alpha value is -1.16. The minimum Gasteiger partial charge on any atom is -0.333 e. The largest absolute Gasteiger partial charge is 0.333 e. The summed E-state index contributed by atoms with van der Waals surface area (Å²) >= 11 is 5.56. The summed E-state index contributed by atoms with van der Waals surface area (Å²) in [6.07, 6.45) is 7.07. The molecule has 0 spiro atoms. The van der Waals surface area contributed by atoms with E-state index < -0.39 is 0 Å². The van der Waals surface area contributed by atoms with Gasteiger partial charge in [-0.1, -0.05) is 0 Å². The van der Waals surface area contributed by atoms with E-state index in [2.05, 4.69) is 9.97 Å². The monoisotopic (exact) mass is 225 g/mol. The Bertz CT molecular complexity index is 340. The number of hydrogen-bond acceptors (Lipinski definition) is 3. The van der Waals surface area contributed by atoms with E-state index in [0.717, 1.165) is 18.5 Å². The molecule has 0 aromatic carbocycles. The summed E-state index contributed by atoms with van der Waals surface area (Å²) in [5, 5.41) is 0. The van der Waals surface area contributed by atoms with Crippen LogP contribution < -0.4 is 0 Å². The fourth-order valence-electron chi connectivity index (χ4n) is 1.47. The van der Waals surface area contributed by atoms with Crippen molar-refractivity contribution in [2.75, 3.05) is 5.88 Å². The molecule has 1 saturated carbocycles. The van der Waals surface area contributed by atoms with E-state index in [9.17, 15) is 4.79 Å². The van der Waals surface area contributed by atoms with Crippen LogP contribution in [0.3, 0.4) is 0 Å². The molecule has 1 aromatic rings. The molecule has 2 rings (SSSR count). The third-order valence-electron chi connectivity index (χ3n) is 2.37. The summed E-state index contributed by atoms with van der Waals surface area (Å²) in [5.74, 6) is 0.0151. The zero-order valence-electron chi connectivity index (χ0n) is 8.27. The van der Waals surface area contributed by atoms with Crippen molar-refractivity contribution in [1.82, 2.24) is 14.9 Å². The van der Waals surface area contributed by atoms with Gasteiger partial charge in [0.25, 0.3) is 0 Å². The van der Waals surface area contributed by atoms with Gasteiger partial charge in [0.1, 0.15) is 5.88 Å². The number of carbonyl (C=O) groups excluding carboxylic acids is 1. The Labute approximate surface area is 93.3 Å². The fourth-order valence-corrected chi connectivity index (χ4v) is 1.62. The van der Waals surface area contributed by atoms with Crippen molar-refractivity contribution in [3.05, 3.63) is 24.3 Å². The number of halogens is 1. The second kappa shape index (κ2) is 4.57. The number of aromatic nitrogens is 2. The van der Waals surface area contributed by atoms with Crippen LogP contribution in [0.4, 0.5) is 0 Å². The third-order valence-corrected chi connectivity index (χ3v) is 2.60. The first kappa shape index (κ1) is 10.4. The molecule has 0 saturated heterocycles. The van der Waals surface area contributed by atoms with Gasteiger partial charge in [0.05, 0.1) is 18.4 Å². The molecule has 1 fully saturated rings. The standard InChI is InChI=1S/C10H12ClN3O/c11-5-10(15)14(9-1-2-9)7-8-6-12-3-4-13-8/h3-4,6,9H,1-2,5,7H2. The van der Waals surface area contributed by atoms with Crippen molar-refractivity contribution in [1.29, 1.82) is 0 Å². The molecule has 0 bridgehead atoms. The van der Waals surface area contributed by atoms with Crippen LogP contribution in [0.2, 0.25) is 0 Å². The van der Waals surface area contributed by atoms with Crippen LogP contribution in [0.15, 0.2) is 18.6 Å². The Morgan fingerprint density at radius 3 is 2.87 bits per heavy atom. The van der Waals surface area contributed by atoms with E-state index in [1.807, 2.05) is 0 Å². The van der Waals surface area contributed by atoms with Crippen LogP contribution in [0, 0.1) is 0 Å². The van der Waals surface area contributed by atoms with Crippen molar-refractivity contribution in [3.8, 4) is 0 Å². The first-order chi connectivity index (χ1) is 7.31. The number of rotatable bonds is 4. The summed E-state index contributed by atoms with van der Waals surface area (Å²) in [7, 11) is 0. The predicted octanol–water partition coefficient (Wildman–Crippen LogP) is 1.21. The van der Waals surface area contributed by atoms with Crippen LogP contribution in [-0.4, -0.2) is 32.7 Å². The number of hydrogen-bond donors (Lipinski definition) is 0. The van der Waals surface area contributed by atoms with Crippen LogP contribution in [0.1, 0.15) is 18.5 Å². The minimum atomic E-state index is -0.0233. The molecular weight excluding hydrogens is 214 g/mol. The molecule has 5 heteroatoms. The SMILES string of the molecule is O=C(CCl)N(Cc1cnccn1)C1CC1. The maximum absolute atomic E-state index is 11.5. The van der Waals surface area contributed by atoms with Gasteiger partial charge in [0.15, 0.2) is 0 Å². The highest BCUT2D eigenvalue weighted by Crippen LogP contribution is 2.28. The Balaban J connectivity index is 2.04.